The molecule has 1 saturated carbocycles. The highest BCUT2D eigenvalue weighted by atomic mass is 15.1. The van der Waals surface area contributed by atoms with Crippen molar-refractivity contribution in [3.05, 3.63) is 35.9 Å². The van der Waals surface area contributed by atoms with E-state index in [0.29, 0.717) is 0 Å². The van der Waals surface area contributed by atoms with E-state index in [-0.39, 0.29) is 0 Å². The van der Waals surface area contributed by atoms with Gasteiger partial charge in [0.15, 0.2) is 0 Å². The molecule has 1 nitrogen and oxygen atoms in total. The molecular weight excluding hydrogens is 182 g/mol. The van der Waals surface area contributed by atoms with Crippen LogP contribution < -0.4 is 0 Å². The maximum absolute atomic E-state index is 2.59. The van der Waals surface area contributed by atoms with Crippen molar-refractivity contribution in [3.8, 4) is 0 Å². The van der Waals surface area contributed by atoms with Gasteiger partial charge in [0.2, 0.25) is 0 Å². The fourth-order valence-electron chi connectivity index (χ4n) is 1.98. The highest BCUT2D eigenvalue weighted by molar-refractivity contribution is 5.14. The Kier molecular flexibility index (Phi) is 3.79. The van der Waals surface area contributed by atoms with Gasteiger partial charge in [0, 0.05) is 13.1 Å². The number of rotatable bonds is 6. The van der Waals surface area contributed by atoms with Crippen molar-refractivity contribution in [1.82, 2.24) is 4.90 Å². The second kappa shape index (κ2) is 5.32. The lowest BCUT2D eigenvalue weighted by atomic mass is 10.1. The zero-order valence-corrected chi connectivity index (χ0v) is 9.65. The third-order valence-electron chi connectivity index (χ3n) is 3.22. The summed E-state index contributed by atoms with van der Waals surface area (Å²) in [6.07, 6.45) is 4.12. The molecule has 1 heteroatoms. The van der Waals surface area contributed by atoms with E-state index in [1.54, 1.807) is 0 Å². The van der Waals surface area contributed by atoms with Crippen LogP contribution in [0.4, 0.5) is 0 Å². The Bertz CT molecular complexity index is 277. The van der Waals surface area contributed by atoms with Crippen molar-refractivity contribution in [3.63, 3.8) is 0 Å². The Labute approximate surface area is 93.1 Å². The van der Waals surface area contributed by atoms with Crippen molar-refractivity contribution in [2.75, 3.05) is 19.6 Å². The first kappa shape index (κ1) is 10.7. The fourth-order valence-corrected chi connectivity index (χ4v) is 1.98. The average Bonchev–Trinajstić information content (AvgIpc) is 3.09. The monoisotopic (exact) mass is 203 g/mol. The summed E-state index contributed by atoms with van der Waals surface area (Å²) in [5, 5.41) is 0. The zero-order chi connectivity index (χ0) is 10.5. The van der Waals surface area contributed by atoms with E-state index in [1.165, 1.54) is 44.5 Å². The van der Waals surface area contributed by atoms with E-state index in [4.69, 9.17) is 0 Å². The van der Waals surface area contributed by atoms with Gasteiger partial charge >= 0.3 is 0 Å². The molecule has 0 unspecified atom stereocenters. The normalized spacial score (nSPS) is 15.9. The summed E-state index contributed by atoms with van der Waals surface area (Å²) < 4.78 is 0. The summed E-state index contributed by atoms with van der Waals surface area (Å²) in [5.41, 5.74) is 1.46. The number of hydrogen-bond acceptors (Lipinski definition) is 1. The maximum atomic E-state index is 2.59. The molecule has 0 bridgehead atoms. The minimum atomic E-state index is 1.01. The van der Waals surface area contributed by atoms with Crippen LogP contribution >= 0.6 is 0 Å². The van der Waals surface area contributed by atoms with E-state index in [1.807, 2.05) is 0 Å². The molecule has 2 rings (SSSR count). The minimum Gasteiger partial charge on any atom is -0.303 e. The molecule has 0 radical (unpaired) electrons. The third-order valence-corrected chi connectivity index (χ3v) is 3.22. The lowest BCUT2D eigenvalue weighted by Crippen LogP contribution is -2.28. The predicted molar refractivity (Wildman–Crippen MR) is 65.0 cm³/mol. The second-order valence-electron chi connectivity index (χ2n) is 4.57. The third kappa shape index (κ3) is 3.67. The number of nitrogens with zero attached hydrogens (tertiary/aromatic N) is 1. The molecule has 1 aliphatic rings. The first-order valence-corrected chi connectivity index (χ1v) is 6.14. The molecule has 1 aromatic carbocycles. The van der Waals surface area contributed by atoms with Gasteiger partial charge in [0.05, 0.1) is 0 Å². The van der Waals surface area contributed by atoms with Gasteiger partial charge in [-0.05, 0) is 37.3 Å². The standard InChI is InChI=1S/C14H21N/c1-2-15(12-14-8-9-14)11-10-13-6-4-3-5-7-13/h3-7,14H,2,8-12H2,1H3. The van der Waals surface area contributed by atoms with Gasteiger partial charge in [0.1, 0.15) is 0 Å². The molecule has 0 amide bonds. The zero-order valence-electron chi connectivity index (χ0n) is 9.65. The smallest absolute Gasteiger partial charge is 0.00218 e. The van der Waals surface area contributed by atoms with Crippen LogP contribution in [0, 0.1) is 5.92 Å². The summed E-state index contributed by atoms with van der Waals surface area (Å²) in [6, 6.07) is 10.8. The highest BCUT2D eigenvalue weighted by Gasteiger charge is 2.23. The molecule has 0 atom stereocenters. The lowest BCUT2D eigenvalue weighted by Gasteiger charge is -2.19. The van der Waals surface area contributed by atoms with Crippen molar-refractivity contribution in [1.29, 1.82) is 0 Å². The van der Waals surface area contributed by atoms with Crippen molar-refractivity contribution >= 4 is 0 Å². The first-order chi connectivity index (χ1) is 7.38. The van der Waals surface area contributed by atoms with Gasteiger partial charge in [-0.25, -0.2) is 0 Å². The van der Waals surface area contributed by atoms with E-state index in [0.717, 1.165) is 5.92 Å². The molecule has 15 heavy (non-hydrogen) atoms. The van der Waals surface area contributed by atoms with Crippen LogP contribution in [-0.2, 0) is 6.42 Å². The van der Waals surface area contributed by atoms with Crippen LogP contribution in [0.25, 0.3) is 0 Å². The van der Waals surface area contributed by atoms with E-state index in [2.05, 4.69) is 42.2 Å². The lowest BCUT2D eigenvalue weighted by molar-refractivity contribution is 0.280. The topological polar surface area (TPSA) is 3.24 Å². The van der Waals surface area contributed by atoms with Crippen LogP contribution in [0.15, 0.2) is 30.3 Å². The highest BCUT2D eigenvalue weighted by Crippen LogP contribution is 2.29. The fraction of sp³-hybridized carbons (Fsp3) is 0.571. The maximum Gasteiger partial charge on any atom is 0.00218 e. The number of benzene rings is 1. The first-order valence-electron chi connectivity index (χ1n) is 6.14. The van der Waals surface area contributed by atoms with Crippen molar-refractivity contribution in [2.24, 2.45) is 5.92 Å². The summed E-state index contributed by atoms with van der Waals surface area (Å²) >= 11 is 0. The summed E-state index contributed by atoms with van der Waals surface area (Å²) in [5.74, 6) is 1.01. The Hall–Kier alpha value is -0.820. The van der Waals surface area contributed by atoms with Crippen LogP contribution in [0.5, 0.6) is 0 Å². The summed E-state index contributed by atoms with van der Waals surface area (Å²) in [4.78, 5) is 2.59. The van der Waals surface area contributed by atoms with E-state index < -0.39 is 0 Å². The molecule has 0 saturated heterocycles. The Morgan fingerprint density at radius 2 is 1.93 bits per heavy atom. The van der Waals surface area contributed by atoms with Crippen LogP contribution in [0.2, 0.25) is 0 Å². The van der Waals surface area contributed by atoms with Crippen LogP contribution in [-0.4, -0.2) is 24.5 Å². The summed E-state index contributed by atoms with van der Waals surface area (Å²) in [7, 11) is 0. The van der Waals surface area contributed by atoms with E-state index >= 15 is 0 Å². The molecule has 1 aliphatic carbocycles. The minimum absolute atomic E-state index is 1.01. The van der Waals surface area contributed by atoms with E-state index in [9.17, 15) is 0 Å². The molecule has 1 fully saturated rings. The number of likely N-dealkylation sites (N-methyl/N-ethyl adjacent to an activating group) is 1. The molecular formula is C14H21N. The quantitative estimate of drug-likeness (QED) is 0.687. The van der Waals surface area contributed by atoms with Crippen molar-refractivity contribution in [2.45, 2.75) is 26.2 Å². The van der Waals surface area contributed by atoms with Crippen LogP contribution in [0.3, 0.4) is 0 Å². The Balaban J connectivity index is 1.75. The molecule has 1 aromatic rings. The molecule has 0 heterocycles. The van der Waals surface area contributed by atoms with Crippen molar-refractivity contribution < 1.29 is 0 Å². The average molecular weight is 203 g/mol. The SMILES string of the molecule is CCN(CCc1ccccc1)CC1CC1. The van der Waals surface area contributed by atoms with Gasteiger partial charge in [-0.3, -0.25) is 0 Å². The molecule has 0 aromatic heterocycles. The Morgan fingerprint density at radius 1 is 1.20 bits per heavy atom. The second-order valence-corrected chi connectivity index (χ2v) is 4.57. The van der Waals surface area contributed by atoms with Gasteiger partial charge < -0.3 is 4.90 Å². The Morgan fingerprint density at radius 3 is 2.53 bits per heavy atom. The van der Waals surface area contributed by atoms with Gasteiger partial charge in [-0.15, -0.1) is 0 Å². The molecule has 0 spiro atoms. The molecule has 82 valence electrons. The van der Waals surface area contributed by atoms with Gasteiger partial charge in [-0.1, -0.05) is 37.3 Å². The van der Waals surface area contributed by atoms with Crippen LogP contribution in [0.1, 0.15) is 25.3 Å². The molecule has 0 N–H and O–H groups in total. The summed E-state index contributed by atoms with van der Waals surface area (Å²) in [6.45, 7) is 6.01. The predicted octanol–water partition coefficient (Wildman–Crippen LogP) is 2.96. The number of hydrogen-bond donors (Lipinski definition) is 0. The van der Waals surface area contributed by atoms with Gasteiger partial charge in [0.25, 0.3) is 0 Å². The molecule has 0 aliphatic heterocycles. The largest absolute Gasteiger partial charge is 0.303 e. The van der Waals surface area contributed by atoms with Gasteiger partial charge in [-0.2, -0.15) is 0 Å².